The van der Waals surface area contributed by atoms with Crippen molar-refractivity contribution >= 4 is 29.2 Å². The Hall–Kier alpha value is -4.28. The highest BCUT2D eigenvalue weighted by Gasteiger charge is 2.31. The number of esters is 1. The molecule has 3 rings (SSSR count). The second-order valence-corrected chi connectivity index (χ2v) is 6.62. The molecule has 0 saturated carbocycles. The van der Waals surface area contributed by atoms with Crippen LogP contribution in [0, 0.1) is 0 Å². The first-order chi connectivity index (χ1) is 15.6. The van der Waals surface area contributed by atoms with Gasteiger partial charge in [0.2, 0.25) is 0 Å². The predicted octanol–water partition coefficient (Wildman–Crippen LogP) is 4.61. The topological polar surface area (TPSA) is 107 Å². The van der Waals surface area contributed by atoms with E-state index < -0.39 is 36.0 Å². The van der Waals surface area contributed by atoms with Crippen LogP contribution < -0.4 is 15.4 Å². The highest BCUT2D eigenvalue weighted by Crippen LogP contribution is 2.24. The maximum atomic E-state index is 12.3. The molecular weight excluding hydrogens is 445 g/mol. The summed E-state index contributed by atoms with van der Waals surface area (Å²) in [6.07, 6.45) is -4.65. The van der Waals surface area contributed by atoms with E-state index in [0.29, 0.717) is 5.69 Å². The molecule has 0 fully saturated rings. The molecule has 172 valence electrons. The number of rotatable bonds is 7. The smallest absolute Gasteiger partial charge is 0.459 e. The molecule has 11 heteroatoms. The Balaban J connectivity index is 1.52. The normalized spacial score (nSPS) is 11.9. The first-order valence-electron chi connectivity index (χ1n) is 9.43. The minimum atomic E-state index is -4.82. The minimum absolute atomic E-state index is 0.126. The van der Waals surface area contributed by atoms with E-state index in [1.807, 2.05) is 0 Å². The zero-order valence-corrected chi connectivity index (χ0v) is 17.0. The molecular formula is C22H17F3N2O6. The van der Waals surface area contributed by atoms with Crippen molar-refractivity contribution in [3.8, 4) is 5.75 Å². The molecule has 2 aromatic carbocycles. The van der Waals surface area contributed by atoms with E-state index >= 15 is 0 Å². The summed E-state index contributed by atoms with van der Waals surface area (Å²) in [6.45, 7) is 1.34. The van der Waals surface area contributed by atoms with Gasteiger partial charge in [-0.3, -0.25) is 9.59 Å². The van der Waals surface area contributed by atoms with E-state index in [4.69, 9.17) is 9.15 Å². The summed E-state index contributed by atoms with van der Waals surface area (Å²) in [7, 11) is 0. The van der Waals surface area contributed by atoms with Crippen molar-refractivity contribution in [2.24, 2.45) is 0 Å². The number of halogens is 3. The molecule has 0 radical (unpaired) electrons. The van der Waals surface area contributed by atoms with Crippen LogP contribution in [0.3, 0.4) is 0 Å². The number of furan rings is 1. The molecule has 0 spiro atoms. The summed E-state index contributed by atoms with van der Waals surface area (Å²) in [6, 6.07) is 13.3. The standard InChI is InChI=1S/C22H17F3N2O6/c1-13(19(28)26-16-8-10-17(11-9-16)33-22(23,24)25)32-21(30)14-4-6-15(7-5-14)27-20(29)18-3-2-12-31-18/h2-13H,1H3,(H,26,28)(H,27,29). The van der Waals surface area contributed by atoms with E-state index in [9.17, 15) is 27.6 Å². The van der Waals surface area contributed by atoms with Gasteiger partial charge in [0, 0.05) is 11.4 Å². The fraction of sp³-hybridized carbons (Fsp3) is 0.136. The predicted molar refractivity (Wildman–Crippen MR) is 110 cm³/mol. The molecule has 8 nitrogen and oxygen atoms in total. The van der Waals surface area contributed by atoms with E-state index in [2.05, 4.69) is 15.4 Å². The van der Waals surface area contributed by atoms with Gasteiger partial charge in [-0.25, -0.2) is 4.79 Å². The zero-order chi connectivity index (χ0) is 24.0. The Labute approximate surface area is 185 Å². The lowest BCUT2D eigenvalue weighted by molar-refractivity contribution is -0.274. The lowest BCUT2D eigenvalue weighted by Crippen LogP contribution is -2.30. The van der Waals surface area contributed by atoms with E-state index in [0.717, 1.165) is 12.1 Å². The van der Waals surface area contributed by atoms with E-state index in [1.54, 1.807) is 6.07 Å². The average molecular weight is 462 g/mol. The van der Waals surface area contributed by atoms with Crippen LogP contribution in [0.1, 0.15) is 27.8 Å². The summed E-state index contributed by atoms with van der Waals surface area (Å²) in [5, 5.41) is 5.02. The Kier molecular flexibility index (Phi) is 7.01. The number of hydrogen-bond acceptors (Lipinski definition) is 6. The highest BCUT2D eigenvalue weighted by atomic mass is 19.4. The Morgan fingerprint density at radius 3 is 2.09 bits per heavy atom. The van der Waals surface area contributed by atoms with Gasteiger partial charge in [0.1, 0.15) is 5.75 Å². The number of carbonyl (C=O) groups is 3. The second-order valence-electron chi connectivity index (χ2n) is 6.62. The van der Waals surface area contributed by atoms with Crippen molar-refractivity contribution in [2.75, 3.05) is 10.6 Å². The van der Waals surface area contributed by atoms with Crippen molar-refractivity contribution in [3.63, 3.8) is 0 Å². The molecule has 1 atom stereocenters. The van der Waals surface area contributed by atoms with Gasteiger partial charge in [0.15, 0.2) is 11.9 Å². The zero-order valence-electron chi connectivity index (χ0n) is 17.0. The van der Waals surface area contributed by atoms with E-state index in [1.165, 1.54) is 55.7 Å². The van der Waals surface area contributed by atoms with Crippen LogP contribution in [-0.4, -0.2) is 30.2 Å². The molecule has 3 aromatic rings. The van der Waals surface area contributed by atoms with Crippen molar-refractivity contribution in [1.82, 2.24) is 0 Å². The Morgan fingerprint density at radius 2 is 1.52 bits per heavy atom. The summed E-state index contributed by atoms with van der Waals surface area (Å²) in [4.78, 5) is 36.5. The Bertz CT molecular complexity index is 1110. The fourth-order valence-electron chi connectivity index (χ4n) is 2.56. The Morgan fingerprint density at radius 1 is 0.909 bits per heavy atom. The molecule has 2 N–H and O–H groups in total. The molecule has 0 aliphatic rings. The van der Waals surface area contributed by atoms with Crippen LogP contribution in [0.5, 0.6) is 5.75 Å². The van der Waals surface area contributed by atoms with Gasteiger partial charge in [-0.15, -0.1) is 13.2 Å². The van der Waals surface area contributed by atoms with Gasteiger partial charge in [-0.05, 0) is 67.6 Å². The number of ether oxygens (including phenoxy) is 2. The third-order valence-electron chi connectivity index (χ3n) is 4.13. The number of anilines is 2. The molecule has 1 aromatic heterocycles. The molecule has 33 heavy (non-hydrogen) atoms. The lowest BCUT2D eigenvalue weighted by atomic mass is 10.2. The minimum Gasteiger partial charge on any atom is -0.459 e. The van der Waals surface area contributed by atoms with Gasteiger partial charge >= 0.3 is 12.3 Å². The highest BCUT2D eigenvalue weighted by molar-refractivity contribution is 6.02. The molecule has 0 aliphatic carbocycles. The van der Waals surface area contributed by atoms with Crippen LogP contribution >= 0.6 is 0 Å². The van der Waals surface area contributed by atoms with Crippen molar-refractivity contribution in [3.05, 3.63) is 78.3 Å². The maximum Gasteiger partial charge on any atom is 0.573 e. The molecule has 1 unspecified atom stereocenters. The maximum absolute atomic E-state index is 12.3. The molecule has 0 saturated heterocycles. The number of hydrogen-bond donors (Lipinski definition) is 2. The molecule has 0 aliphatic heterocycles. The number of benzene rings is 2. The molecule has 2 amide bonds. The molecule has 1 heterocycles. The van der Waals surface area contributed by atoms with Crippen molar-refractivity contribution < 1.29 is 41.4 Å². The van der Waals surface area contributed by atoms with Gasteiger partial charge < -0.3 is 24.5 Å². The fourth-order valence-corrected chi connectivity index (χ4v) is 2.56. The van der Waals surface area contributed by atoms with Gasteiger partial charge in [0.05, 0.1) is 11.8 Å². The van der Waals surface area contributed by atoms with Crippen LogP contribution in [0.25, 0.3) is 0 Å². The summed E-state index contributed by atoms with van der Waals surface area (Å²) < 4.78 is 50.4. The monoisotopic (exact) mass is 462 g/mol. The molecule has 0 bridgehead atoms. The van der Waals surface area contributed by atoms with Gasteiger partial charge in [0.25, 0.3) is 11.8 Å². The summed E-state index contributed by atoms with van der Waals surface area (Å²) in [5.41, 5.74) is 0.741. The van der Waals surface area contributed by atoms with Crippen LogP contribution in [0.15, 0.2) is 71.3 Å². The number of carbonyl (C=O) groups excluding carboxylic acids is 3. The van der Waals surface area contributed by atoms with Gasteiger partial charge in [-0.1, -0.05) is 0 Å². The second kappa shape index (κ2) is 9.90. The quantitative estimate of drug-likeness (QED) is 0.497. The summed E-state index contributed by atoms with van der Waals surface area (Å²) >= 11 is 0. The van der Waals surface area contributed by atoms with Crippen molar-refractivity contribution in [2.45, 2.75) is 19.4 Å². The third-order valence-corrected chi connectivity index (χ3v) is 4.13. The van der Waals surface area contributed by atoms with E-state index in [-0.39, 0.29) is 17.0 Å². The summed E-state index contributed by atoms with van der Waals surface area (Å²) in [5.74, 6) is -2.24. The number of amides is 2. The number of nitrogens with one attached hydrogen (secondary N) is 2. The van der Waals surface area contributed by atoms with Crippen LogP contribution in [0.4, 0.5) is 24.5 Å². The SMILES string of the molecule is CC(OC(=O)c1ccc(NC(=O)c2ccco2)cc1)C(=O)Nc1ccc(OC(F)(F)F)cc1. The largest absolute Gasteiger partial charge is 0.573 e. The number of alkyl halides is 3. The first-order valence-corrected chi connectivity index (χ1v) is 9.43. The first kappa shape index (κ1) is 23.4. The van der Waals surface area contributed by atoms with Crippen LogP contribution in [-0.2, 0) is 9.53 Å². The average Bonchev–Trinajstić information content (AvgIpc) is 3.29. The van der Waals surface area contributed by atoms with Crippen LogP contribution in [0.2, 0.25) is 0 Å². The van der Waals surface area contributed by atoms with Crippen molar-refractivity contribution in [1.29, 1.82) is 0 Å². The van der Waals surface area contributed by atoms with Gasteiger partial charge in [-0.2, -0.15) is 0 Å². The third kappa shape index (κ3) is 6.86. The lowest BCUT2D eigenvalue weighted by Gasteiger charge is -2.14.